The molecular formula is C22H22N2O2. The Morgan fingerprint density at radius 2 is 1.69 bits per heavy atom. The van der Waals surface area contributed by atoms with Crippen molar-refractivity contribution in [2.45, 2.75) is 38.5 Å². The van der Waals surface area contributed by atoms with E-state index >= 15 is 0 Å². The average molecular weight is 346 g/mol. The zero-order chi connectivity index (χ0) is 18.3. The van der Waals surface area contributed by atoms with E-state index in [-0.39, 0.29) is 5.60 Å². The van der Waals surface area contributed by atoms with Crippen molar-refractivity contribution < 1.29 is 9.84 Å². The predicted octanol–water partition coefficient (Wildman–Crippen LogP) is 4.50. The van der Waals surface area contributed by atoms with Gasteiger partial charge in [0.1, 0.15) is 11.4 Å². The first-order valence-electron chi connectivity index (χ1n) is 8.88. The van der Waals surface area contributed by atoms with E-state index in [1.54, 1.807) is 0 Å². The number of benzene rings is 2. The normalized spacial score (nSPS) is 21.0. The highest BCUT2D eigenvalue weighted by Gasteiger charge is 2.37. The van der Waals surface area contributed by atoms with Crippen LogP contribution >= 0.6 is 0 Å². The maximum absolute atomic E-state index is 10.6. The van der Waals surface area contributed by atoms with Crippen LogP contribution in [0.5, 0.6) is 0 Å². The molecule has 2 N–H and O–H groups in total. The topological polar surface area (TPSA) is 65.7 Å². The van der Waals surface area contributed by atoms with Crippen molar-refractivity contribution in [1.82, 2.24) is 0 Å². The minimum atomic E-state index is -0.997. The summed E-state index contributed by atoms with van der Waals surface area (Å²) in [7, 11) is 0. The van der Waals surface area contributed by atoms with Crippen molar-refractivity contribution in [1.29, 1.82) is 5.41 Å². The van der Waals surface area contributed by atoms with E-state index in [9.17, 15) is 5.11 Å². The summed E-state index contributed by atoms with van der Waals surface area (Å²) >= 11 is 0. The largest absolute Gasteiger partial charge is 0.487 e. The number of aliphatic imine (C=N–C) groups is 1. The quantitative estimate of drug-likeness (QED) is 0.841. The van der Waals surface area contributed by atoms with Crippen LogP contribution < -0.4 is 0 Å². The summed E-state index contributed by atoms with van der Waals surface area (Å²) in [5.74, 6) is 0.787. The van der Waals surface area contributed by atoms with Gasteiger partial charge >= 0.3 is 0 Å². The first kappa shape index (κ1) is 16.7. The third-order valence-corrected chi connectivity index (χ3v) is 4.94. The van der Waals surface area contributed by atoms with Crippen molar-refractivity contribution in [3.8, 4) is 0 Å². The van der Waals surface area contributed by atoms with Crippen molar-refractivity contribution in [3.05, 3.63) is 76.9 Å². The number of aliphatic hydroxyl groups is 1. The first-order chi connectivity index (χ1) is 12.5. The van der Waals surface area contributed by atoms with E-state index < -0.39 is 6.23 Å². The molecule has 4 heteroatoms. The molecule has 132 valence electrons. The third-order valence-electron chi connectivity index (χ3n) is 4.94. The lowest BCUT2D eigenvalue weighted by Gasteiger charge is -2.37. The van der Waals surface area contributed by atoms with Crippen molar-refractivity contribution in [2.75, 3.05) is 0 Å². The van der Waals surface area contributed by atoms with E-state index in [1.807, 2.05) is 54.6 Å². The van der Waals surface area contributed by atoms with E-state index in [4.69, 9.17) is 10.1 Å². The SMILES string of the molecule is CC1(C)CCC2=C(O1)c1ccccc1/C(=N/C(O)c1ccccc1)C2=N. The lowest BCUT2D eigenvalue weighted by Crippen LogP contribution is -2.35. The Balaban J connectivity index is 1.83. The minimum Gasteiger partial charge on any atom is -0.487 e. The number of ether oxygens (including phenoxy) is 1. The highest BCUT2D eigenvalue weighted by atomic mass is 16.5. The van der Waals surface area contributed by atoms with Gasteiger partial charge in [-0.15, -0.1) is 0 Å². The van der Waals surface area contributed by atoms with Crippen LogP contribution in [0.15, 0.2) is 65.2 Å². The molecule has 0 radical (unpaired) electrons. The fourth-order valence-electron chi connectivity index (χ4n) is 3.51. The summed E-state index contributed by atoms with van der Waals surface area (Å²) in [5, 5.41) is 19.3. The number of aliphatic hydroxyl groups excluding tert-OH is 1. The number of nitrogens with one attached hydrogen (secondary N) is 1. The Labute approximate surface area is 153 Å². The molecule has 4 nitrogen and oxygen atoms in total. The van der Waals surface area contributed by atoms with E-state index in [1.165, 1.54) is 0 Å². The van der Waals surface area contributed by atoms with Crippen LogP contribution in [0.3, 0.4) is 0 Å². The Bertz CT molecular complexity index is 926. The number of hydrogen-bond acceptors (Lipinski definition) is 4. The number of fused-ring (bicyclic) bond motifs is 2. The van der Waals surface area contributed by atoms with E-state index in [0.29, 0.717) is 17.0 Å². The van der Waals surface area contributed by atoms with Crippen molar-refractivity contribution >= 4 is 17.2 Å². The van der Waals surface area contributed by atoms with Gasteiger partial charge < -0.3 is 9.84 Å². The zero-order valence-electron chi connectivity index (χ0n) is 15.0. The first-order valence-corrected chi connectivity index (χ1v) is 8.88. The number of hydrogen-bond donors (Lipinski definition) is 2. The molecule has 0 bridgehead atoms. The molecule has 1 aliphatic heterocycles. The Hall–Kier alpha value is -2.72. The smallest absolute Gasteiger partial charge is 0.172 e. The lowest BCUT2D eigenvalue weighted by molar-refractivity contribution is 0.0576. The van der Waals surface area contributed by atoms with E-state index in [0.717, 1.165) is 35.3 Å². The van der Waals surface area contributed by atoms with Gasteiger partial charge in [0.15, 0.2) is 6.23 Å². The molecule has 0 saturated carbocycles. The fourth-order valence-corrected chi connectivity index (χ4v) is 3.51. The predicted molar refractivity (Wildman–Crippen MR) is 103 cm³/mol. The molecule has 1 atom stereocenters. The Morgan fingerprint density at radius 1 is 1.04 bits per heavy atom. The molecule has 4 rings (SSSR count). The highest BCUT2D eigenvalue weighted by molar-refractivity contribution is 6.55. The van der Waals surface area contributed by atoms with Gasteiger partial charge in [-0.3, -0.25) is 5.41 Å². The van der Waals surface area contributed by atoms with Gasteiger partial charge in [0.2, 0.25) is 0 Å². The summed E-state index contributed by atoms with van der Waals surface area (Å²) in [4.78, 5) is 4.51. The van der Waals surface area contributed by atoms with E-state index in [2.05, 4.69) is 18.8 Å². The lowest BCUT2D eigenvalue weighted by atomic mass is 9.81. The second-order valence-corrected chi connectivity index (χ2v) is 7.35. The second kappa shape index (κ2) is 6.22. The van der Waals surface area contributed by atoms with Crippen molar-refractivity contribution in [2.24, 2.45) is 4.99 Å². The van der Waals surface area contributed by atoms with Crippen LogP contribution in [0.1, 0.15) is 49.6 Å². The van der Waals surface area contributed by atoms with Gasteiger partial charge in [0.05, 0.1) is 11.4 Å². The molecule has 26 heavy (non-hydrogen) atoms. The molecular weight excluding hydrogens is 324 g/mol. The minimum absolute atomic E-state index is 0.246. The van der Waals surface area contributed by atoms with Gasteiger partial charge in [-0.1, -0.05) is 54.6 Å². The van der Waals surface area contributed by atoms with Gasteiger partial charge in [-0.25, -0.2) is 4.99 Å². The average Bonchev–Trinajstić information content (AvgIpc) is 2.65. The maximum atomic E-state index is 10.6. The summed E-state index contributed by atoms with van der Waals surface area (Å²) < 4.78 is 6.23. The van der Waals surface area contributed by atoms with Crippen LogP contribution in [0.4, 0.5) is 0 Å². The number of nitrogens with zero attached hydrogens (tertiary/aromatic N) is 1. The molecule has 0 spiro atoms. The molecule has 1 unspecified atom stereocenters. The molecule has 1 aliphatic carbocycles. The summed E-state index contributed by atoms with van der Waals surface area (Å²) in [6.45, 7) is 4.15. The maximum Gasteiger partial charge on any atom is 0.172 e. The Morgan fingerprint density at radius 3 is 2.42 bits per heavy atom. The second-order valence-electron chi connectivity index (χ2n) is 7.35. The summed E-state index contributed by atoms with van der Waals surface area (Å²) in [6, 6.07) is 17.2. The standard InChI is InChI=1S/C22H22N2O2/c1-22(2)13-12-17-18(23)19(24-21(25)14-8-4-3-5-9-14)15-10-6-7-11-16(15)20(17)26-22/h3-11,21,23,25H,12-13H2,1-2H3/b23-18?,24-19-. The summed E-state index contributed by atoms with van der Waals surface area (Å²) in [6.07, 6.45) is 0.628. The molecule has 1 heterocycles. The molecule has 0 amide bonds. The molecule has 2 aliphatic rings. The van der Waals surface area contributed by atoms with Gasteiger partial charge in [-0.05, 0) is 26.7 Å². The molecule has 2 aromatic carbocycles. The van der Waals surface area contributed by atoms with Crippen LogP contribution in [0.25, 0.3) is 5.76 Å². The monoisotopic (exact) mass is 346 g/mol. The van der Waals surface area contributed by atoms with Crippen LogP contribution in [0, 0.1) is 5.41 Å². The fraction of sp³-hybridized carbons (Fsp3) is 0.273. The van der Waals surface area contributed by atoms with Crippen molar-refractivity contribution in [3.63, 3.8) is 0 Å². The van der Waals surface area contributed by atoms with Crippen LogP contribution in [0.2, 0.25) is 0 Å². The number of allylic oxidation sites excluding steroid dienone is 1. The zero-order valence-corrected chi connectivity index (χ0v) is 15.0. The van der Waals surface area contributed by atoms with Gasteiger partial charge in [0.25, 0.3) is 0 Å². The highest BCUT2D eigenvalue weighted by Crippen LogP contribution is 2.41. The summed E-state index contributed by atoms with van der Waals surface area (Å²) in [5.41, 5.74) is 4.01. The van der Waals surface area contributed by atoms with Gasteiger partial charge in [-0.2, -0.15) is 0 Å². The third kappa shape index (κ3) is 2.86. The van der Waals surface area contributed by atoms with Crippen LogP contribution in [-0.2, 0) is 4.74 Å². The molecule has 2 aromatic rings. The number of rotatable bonds is 2. The molecule has 0 aromatic heterocycles. The molecule has 0 fully saturated rings. The van der Waals surface area contributed by atoms with Gasteiger partial charge in [0, 0.05) is 22.3 Å². The molecule has 0 saturated heterocycles. The Kier molecular flexibility index (Phi) is 4.00. The van der Waals surface area contributed by atoms with Crippen LogP contribution in [-0.4, -0.2) is 22.1 Å².